The zero-order valence-corrected chi connectivity index (χ0v) is 13.4. The normalized spacial score (nSPS) is 15.3. The van der Waals surface area contributed by atoms with Crippen molar-refractivity contribution in [2.75, 3.05) is 0 Å². The van der Waals surface area contributed by atoms with Crippen LogP contribution in [-0.4, -0.2) is 20.0 Å². The van der Waals surface area contributed by atoms with Crippen molar-refractivity contribution in [3.05, 3.63) is 44.3 Å². The van der Waals surface area contributed by atoms with E-state index in [1.165, 1.54) is 18.6 Å². The maximum absolute atomic E-state index is 11.1. The van der Waals surface area contributed by atoms with Crippen LogP contribution in [0.3, 0.4) is 0 Å². The van der Waals surface area contributed by atoms with Crippen LogP contribution in [0.15, 0.2) is 32.7 Å². The summed E-state index contributed by atoms with van der Waals surface area (Å²) >= 11 is 0.943. The van der Waals surface area contributed by atoms with E-state index in [-0.39, 0.29) is 27.4 Å². The smallest absolute Gasteiger partial charge is 0.290 e. The quantitative estimate of drug-likeness (QED) is 0.583. The van der Waals surface area contributed by atoms with Gasteiger partial charge in [0, 0.05) is 12.0 Å². The van der Waals surface area contributed by atoms with Crippen LogP contribution in [0.1, 0.15) is 43.9 Å². The predicted molar refractivity (Wildman–Crippen MR) is 84.0 cm³/mol. The lowest BCUT2D eigenvalue weighted by Crippen LogP contribution is -2.04. The van der Waals surface area contributed by atoms with Gasteiger partial charge in [0.2, 0.25) is 5.89 Å². The number of nitrogens with zero attached hydrogens (tertiary/aromatic N) is 4. The molecule has 0 unspecified atom stereocenters. The van der Waals surface area contributed by atoms with E-state index in [0.29, 0.717) is 5.89 Å². The third-order valence-electron chi connectivity index (χ3n) is 3.92. The Morgan fingerprint density at radius 1 is 1.08 bits per heavy atom. The minimum Gasteiger partial charge on any atom is -0.415 e. The molecule has 1 saturated carbocycles. The second-order valence-electron chi connectivity index (χ2n) is 5.51. The topological polar surface area (TPSA) is 125 Å². The number of nitro benzene ring substituents is 2. The van der Waals surface area contributed by atoms with E-state index >= 15 is 0 Å². The Morgan fingerprint density at radius 2 is 1.83 bits per heavy atom. The average molecular weight is 350 g/mol. The van der Waals surface area contributed by atoms with Crippen molar-refractivity contribution in [2.45, 2.75) is 48.1 Å². The highest BCUT2D eigenvalue weighted by atomic mass is 32.2. The van der Waals surface area contributed by atoms with Gasteiger partial charge in [0.1, 0.15) is 0 Å². The molecule has 1 heterocycles. The van der Waals surface area contributed by atoms with E-state index in [1.807, 2.05) is 0 Å². The largest absolute Gasteiger partial charge is 0.415 e. The fourth-order valence-electron chi connectivity index (χ4n) is 2.72. The van der Waals surface area contributed by atoms with Crippen LogP contribution in [0.25, 0.3) is 0 Å². The molecule has 0 amide bonds. The summed E-state index contributed by atoms with van der Waals surface area (Å²) in [6.45, 7) is 0. The van der Waals surface area contributed by atoms with E-state index in [9.17, 15) is 20.2 Å². The molecule has 24 heavy (non-hydrogen) atoms. The molecule has 1 fully saturated rings. The Bertz CT molecular complexity index is 772. The standard InChI is InChI=1S/C14H14N4O5S/c19-17(20)10-6-7-12(11(8-10)18(21)22)24-14-16-15-13(23-14)9-4-2-1-3-5-9/h6-9H,1-5H2. The second-order valence-corrected chi connectivity index (χ2v) is 6.50. The van der Waals surface area contributed by atoms with Gasteiger partial charge in [0.15, 0.2) is 0 Å². The SMILES string of the molecule is O=[N+]([O-])c1ccc(Sc2nnc(C3CCCCC3)o2)c([N+](=O)[O-])c1. The Hall–Kier alpha value is -2.49. The molecule has 1 aliphatic carbocycles. The summed E-state index contributed by atoms with van der Waals surface area (Å²) in [6.07, 6.45) is 5.47. The van der Waals surface area contributed by atoms with Gasteiger partial charge in [-0.2, -0.15) is 0 Å². The molecule has 0 spiro atoms. The van der Waals surface area contributed by atoms with Gasteiger partial charge in [-0.15, -0.1) is 10.2 Å². The first kappa shape index (κ1) is 16.4. The fraction of sp³-hybridized carbons (Fsp3) is 0.429. The molecule has 0 bridgehead atoms. The monoisotopic (exact) mass is 350 g/mol. The predicted octanol–water partition coefficient (Wildman–Crippen LogP) is 4.08. The first-order chi connectivity index (χ1) is 11.5. The number of benzene rings is 1. The number of hydrogen-bond acceptors (Lipinski definition) is 8. The molecule has 10 heteroatoms. The first-order valence-corrected chi connectivity index (χ1v) is 8.30. The van der Waals surface area contributed by atoms with Crippen molar-refractivity contribution in [3.8, 4) is 0 Å². The zero-order chi connectivity index (χ0) is 17.1. The average Bonchev–Trinajstić information content (AvgIpc) is 3.04. The van der Waals surface area contributed by atoms with Crippen LogP contribution in [0.5, 0.6) is 0 Å². The number of nitro groups is 2. The van der Waals surface area contributed by atoms with Crippen molar-refractivity contribution < 1.29 is 14.3 Å². The van der Waals surface area contributed by atoms with Crippen LogP contribution in [0.4, 0.5) is 11.4 Å². The highest BCUT2D eigenvalue weighted by Gasteiger charge is 2.24. The van der Waals surface area contributed by atoms with Crippen LogP contribution in [0, 0.1) is 20.2 Å². The Labute approximate surface area is 140 Å². The Kier molecular flexibility index (Phi) is 4.74. The maximum atomic E-state index is 11.1. The Morgan fingerprint density at radius 3 is 2.50 bits per heavy atom. The van der Waals surface area contributed by atoms with Gasteiger partial charge in [0.05, 0.1) is 20.8 Å². The van der Waals surface area contributed by atoms with Gasteiger partial charge in [-0.1, -0.05) is 19.3 Å². The van der Waals surface area contributed by atoms with Crippen LogP contribution < -0.4 is 0 Å². The zero-order valence-electron chi connectivity index (χ0n) is 12.6. The second kappa shape index (κ2) is 6.95. The molecular weight excluding hydrogens is 336 g/mol. The number of rotatable bonds is 5. The highest BCUT2D eigenvalue weighted by Crippen LogP contribution is 2.38. The minimum absolute atomic E-state index is 0.201. The van der Waals surface area contributed by atoms with Crippen LogP contribution in [0.2, 0.25) is 0 Å². The molecule has 1 aromatic heterocycles. The third kappa shape index (κ3) is 3.53. The summed E-state index contributed by atoms with van der Waals surface area (Å²) in [5.74, 6) is 0.800. The summed E-state index contributed by atoms with van der Waals surface area (Å²) in [5, 5.41) is 30.1. The minimum atomic E-state index is -0.671. The van der Waals surface area contributed by atoms with Crippen molar-refractivity contribution in [1.82, 2.24) is 10.2 Å². The summed E-state index contributed by atoms with van der Waals surface area (Å²) in [4.78, 5) is 20.8. The Balaban J connectivity index is 1.82. The molecule has 9 nitrogen and oxygen atoms in total. The molecular formula is C14H14N4O5S. The first-order valence-electron chi connectivity index (χ1n) is 7.48. The summed E-state index contributed by atoms with van der Waals surface area (Å²) in [7, 11) is 0. The summed E-state index contributed by atoms with van der Waals surface area (Å²) in [5.41, 5.74) is -0.689. The number of non-ortho nitro benzene ring substituents is 1. The number of aromatic nitrogens is 2. The lowest BCUT2D eigenvalue weighted by atomic mass is 9.89. The van der Waals surface area contributed by atoms with Crippen molar-refractivity contribution >= 4 is 23.1 Å². The van der Waals surface area contributed by atoms with E-state index < -0.39 is 9.85 Å². The summed E-state index contributed by atoms with van der Waals surface area (Å²) < 4.78 is 5.62. The lowest BCUT2D eigenvalue weighted by Gasteiger charge is -2.17. The number of hydrogen-bond donors (Lipinski definition) is 0. The molecule has 3 rings (SSSR count). The molecule has 1 aromatic carbocycles. The molecule has 0 atom stereocenters. The van der Waals surface area contributed by atoms with Crippen molar-refractivity contribution in [2.24, 2.45) is 0 Å². The molecule has 0 aliphatic heterocycles. The van der Waals surface area contributed by atoms with Gasteiger partial charge >= 0.3 is 0 Å². The van der Waals surface area contributed by atoms with Gasteiger partial charge in [0.25, 0.3) is 16.6 Å². The summed E-state index contributed by atoms with van der Waals surface area (Å²) in [6, 6.07) is 3.47. The lowest BCUT2D eigenvalue weighted by molar-refractivity contribution is -0.396. The van der Waals surface area contributed by atoms with E-state index in [2.05, 4.69) is 10.2 Å². The van der Waals surface area contributed by atoms with Gasteiger partial charge in [-0.05, 0) is 30.7 Å². The van der Waals surface area contributed by atoms with Gasteiger partial charge in [-0.25, -0.2) is 0 Å². The molecule has 0 N–H and O–H groups in total. The third-order valence-corrected chi connectivity index (χ3v) is 4.83. The highest BCUT2D eigenvalue weighted by molar-refractivity contribution is 7.99. The van der Waals surface area contributed by atoms with E-state index in [0.717, 1.165) is 43.5 Å². The van der Waals surface area contributed by atoms with Crippen LogP contribution >= 0.6 is 11.8 Å². The van der Waals surface area contributed by atoms with Gasteiger partial charge in [-0.3, -0.25) is 20.2 Å². The molecule has 1 aliphatic rings. The van der Waals surface area contributed by atoms with Crippen LogP contribution in [-0.2, 0) is 0 Å². The molecule has 126 valence electrons. The van der Waals surface area contributed by atoms with Crippen molar-refractivity contribution in [3.63, 3.8) is 0 Å². The van der Waals surface area contributed by atoms with Gasteiger partial charge < -0.3 is 4.42 Å². The fourth-order valence-corrected chi connectivity index (χ4v) is 3.49. The molecule has 0 radical (unpaired) electrons. The van der Waals surface area contributed by atoms with E-state index in [4.69, 9.17) is 4.42 Å². The molecule has 0 saturated heterocycles. The van der Waals surface area contributed by atoms with E-state index in [1.54, 1.807) is 0 Å². The van der Waals surface area contributed by atoms with Crippen molar-refractivity contribution in [1.29, 1.82) is 0 Å². The maximum Gasteiger partial charge on any atom is 0.290 e. The molecule has 2 aromatic rings.